The third kappa shape index (κ3) is 7.73. The molecule has 0 aliphatic rings. The summed E-state index contributed by atoms with van der Waals surface area (Å²) in [5.74, 6) is 0. The molecule has 7 nitrogen and oxygen atoms in total. The standard InChI is InChI=1S/C26H30O7S/c1-20-12-14-23(15-13-20)34(29,30)33-25(16-27)26(32-18-22-10-6-3-7-11-22)24(28)19-31-17-21-8-4-2-5-9-21/h2-15,24-28H,16-19H2,1H3/t24-,25+,26+/m1/s1. The monoisotopic (exact) mass is 486 g/mol. The number of rotatable bonds is 13. The largest absolute Gasteiger partial charge is 0.394 e. The molecule has 0 heterocycles. The third-order valence-electron chi connectivity index (χ3n) is 5.17. The highest BCUT2D eigenvalue weighted by molar-refractivity contribution is 7.86. The van der Waals surface area contributed by atoms with Crippen LogP contribution in [0.3, 0.4) is 0 Å². The van der Waals surface area contributed by atoms with Crippen LogP contribution in [0.5, 0.6) is 0 Å². The lowest BCUT2D eigenvalue weighted by Crippen LogP contribution is -2.46. The van der Waals surface area contributed by atoms with Crippen molar-refractivity contribution in [3.63, 3.8) is 0 Å². The Balaban J connectivity index is 1.73. The predicted molar refractivity (Wildman–Crippen MR) is 127 cm³/mol. The molecule has 0 unspecified atom stereocenters. The quantitative estimate of drug-likeness (QED) is 0.358. The number of aliphatic hydroxyl groups is 2. The van der Waals surface area contributed by atoms with Crippen LogP contribution < -0.4 is 0 Å². The first-order valence-corrected chi connectivity index (χ1v) is 12.4. The van der Waals surface area contributed by atoms with Crippen molar-refractivity contribution in [1.29, 1.82) is 0 Å². The first kappa shape index (κ1) is 26.0. The molecule has 8 heteroatoms. The third-order valence-corrected chi connectivity index (χ3v) is 6.52. The highest BCUT2D eigenvalue weighted by Crippen LogP contribution is 2.20. The van der Waals surface area contributed by atoms with Crippen molar-refractivity contribution in [2.24, 2.45) is 0 Å². The van der Waals surface area contributed by atoms with Gasteiger partial charge in [0.25, 0.3) is 10.1 Å². The Morgan fingerprint density at radius 1 is 0.824 bits per heavy atom. The Labute approximate surface area is 200 Å². The summed E-state index contributed by atoms with van der Waals surface area (Å²) in [6.45, 7) is 1.37. The van der Waals surface area contributed by atoms with Crippen molar-refractivity contribution in [1.82, 2.24) is 0 Å². The Bertz CT molecular complexity index is 1090. The predicted octanol–water partition coefficient (Wildman–Crippen LogP) is 3.22. The maximum absolute atomic E-state index is 12.8. The average molecular weight is 487 g/mol. The van der Waals surface area contributed by atoms with Crippen LogP contribution >= 0.6 is 0 Å². The second kappa shape index (κ2) is 12.8. The first-order valence-electron chi connectivity index (χ1n) is 10.9. The van der Waals surface area contributed by atoms with Crippen molar-refractivity contribution < 1.29 is 32.3 Å². The van der Waals surface area contributed by atoms with Crippen LogP contribution in [-0.4, -0.2) is 50.2 Å². The first-order chi connectivity index (χ1) is 16.4. The minimum absolute atomic E-state index is 0.0480. The summed E-state index contributed by atoms with van der Waals surface area (Å²) in [7, 11) is -4.21. The van der Waals surface area contributed by atoms with Gasteiger partial charge in [0, 0.05) is 0 Å². The van der Waals surface area contributed by atoms with Gasteiger partial charge in [-0.3, -0.25) is 4.18 Å². The van der Waals surface area contributed by atoms with Crippen LogP contribution in [0.15, 0.2) is 89.8 Å². The highest BCUT2D eigenvalue weighted by atomic mass is 32.2. The minimum Gasteiger partial charge on any atom is -0.394 e. The number of benzene rings is 3. The van der Waals surface area contributed by atoms with E-state index in [-0.39, 0.29) is 24.7 Å². The maximum atomic E-state index is 12.8. The number of hydrogen-bond acceptors (Lipinski definition) is 7. The van der Waals surface area contributed by atoms with Gasteiger partial charge in [-0.05, 0) is 30.2 Å². The van der Waals surface area contributed by atoms with Gasteiger partial charge in [-0.1, -0.05) is 78.4 Å². The molecule has 3 aromatic rings. The lowest BCUT2D eigenvalue weighted by molar-refractivity contribution is -0.128. The Morgan fingerprint density at radius 3 is 1.94 bits per heavy atom. The van der Waals surface area contributed by atoms with Crippen molar-refractivity contribution in [2.45, 2.75) is 43.3 Å². The van der Waals surface area contributed by atoms with Gasteiger partial charge in [-0.25, -0.2) is 0 Å². The molecule has 0 fully saturated rings. The zero-order valence-electron chi connectivity index (χ0n) is 19.0. The molecule has 0 aliphatic heterocycles. The smallest absolute Gasteiger partial charge is 0.297 e. The van der Waals surface area contributed by atoms with Crippen molar-refractivity contribution in [3.8, 4) is 0 Å². The Morgan fingerprint density at radius 2 is 1.38 bits per heavy atom. The number of aryl methyl sites for hydroxylation is 1. The van der Waals surface area contributed by atoms with E-state index in [0.29, 0.717) is 0 Å². The summed E-state index contributed by atoms with van der Waals surface area (Å²) in [6.07, 6.45) is -3.76. The van der Waals surface area contributed by atoms with E-state index in [2.05, 4.69) is 0 Å². The molecular formula is C26H30O7S. The van der Waals surface area contributed by atoms with Crippen LogP contribution in [0.25, 0.3) is 0 Å². The fraction of sp³-hybridized carbons (Fsp3) is 0.308. The number of aliphatic hydroxyl groups excluding tert-OH is 2. The van der Waals surface area contributed by atoms with Gasteiger partial charge in [-0.15, -0.1) is 0 Å². The van der Waals surface area contributed by atoms with Gasteiger partial charge in [0.15, 0.2) is 0 Å². The average Bonchev–Trinajstić information content (AvgIpc) is 2.85. The molecule has 2 N–H and O–H groups in total. The molecule has 0 radical (unpaired) electrons. The molecule has 182 valence electrons. The summed E-state index contributed by atoms with van der Waals surface area (Å²) in [4.78, 5) is -0.0480. The minimum atomic E-state index is -4.21. The van der Waals surface area contributed by atoms with E-state index in [1.165, 1.54) is 12.1 Å². The summed E-state index contributed by atoms with van der Waals surface area (Å²) in [5, 5.41) is 20.8. The number of hydrogen-bond donors (Lipinski definition) is 2. The van der Waals surface area contributed by atoms with Crippen LogP contribution in [0.4, 0.5) is 0 Å². The molecule has 0 aromatic heterocycles. The summed E-state index contributed by atoms with van der Waals surface area (Å²) < 4.78 is 42.4. The second-order valence-corrected chi connectivity index (χ2v) is 9.49. The lowest BCUT2D eigenvalue weighted by Gasteiger charge is -2.29. The second-order valence-electron chi connectivity index (χ2n) is 7.91. The maximum Gasteiger partial charge on any atom is 0.297 e. The summed E-state index contributed by atoms with van der Waals surface area (Å²) in [6, 6.07) is 24.8. The van der Waals surface area contributed by atoms with Gasteiger partial charge in [0.1, 0.15) is 18.3 Å². The van der Waals surface area contributed by atoms with Crippen molar-refractivity contribution >= 4 is 10.1 Å². The fourth-order valence-electron chi connectivity index (χ4n) is 3.31. The van der Waals surface area contributed by atoms with E-state index in [9.17, 15) is 18.6 Å². The molecule has 0 saturated carbocycles. The van der Waals surface area contributed by atoms with Gasteiger partial charge >= 0.3 is 0 Å². The number of ether oxygens (including phenoxy) is 2. The van der Waals surface area contributed by atoms with Gasteiger partial charge in [0.05, 0.1) is 31.3 Å². The van der Waals surface area contributed by atoms with Gasteiger partial charge in [-0.2, -0.15) is 8.42 Å². The Hall–Kier alpha value is -2.59. The molecule has 0 spiro atoms. The topological polar surface area (TPSA) is 102 Å². The molecule has 0 bridgehead atoms. The normalized spacial score (nSPS) is 14.4. The van der Waals surface area contributed by atoms with E-state index >= 15 is 0 Å². The Kier molecular flexibility index (Phi) is 9.76. The van der Waals surface area contributed by atoms with Crippen molar-refractivity contribution in [2.75, 3.05) is 13.2 Å². The lowest BCUT2D eigenvalue weighted by atomic mass is 10.1. The van der Waals surface area contributed by atoms with Gasteiger partial charge in [0.2, 0.25) is 0 Å². The van der Waals surface area contributed by atoms with E-state index < -0.39 is 35.0 Å². The van der Waals surface area contributed by atoms with Crippen LogP contribution in [-0.2, 0) is 37.0 Å². The zero-order valence-corrected chi connectivity index (χ0v) is 19.8. The van der Waals surface area contributed by atoms with Crippen LogP contribution in [0.1, 0.15) is 16.7 Å². The van der Waals surface area contributed by atoms with E-state index in [1.807, 2.05) is 67.6 Å². The van der Waals surface area contributed by atoms with Crippen LogP contribution in [0, 0.1) is 6.92 Å². The van der Waals surface area contributed by atoms with E-state index in [4.69, 9.17) is 13.7 Å². The van der Waals surface area contributed by atoms with Crippen LogP contribution in [0.2, 0.25) is 0 Å². The molecule has 0 aliphatic carbocycles. The molecule has 3 aromatic carbocycles. The zero-order chi connectivity index (χ0) is 24.4. The fourth-order valence-corrected chi connectivity index (χ4v) is 4.39. The summed E-state index contributed by atoms with van der Waals surface area (Å²) in [5.41, 5.74) is 2.64. The SMILES string of the molecule is Cc1ccc(S(=O)(=O)O[C@@H](CO)[C@@H](OCc2ccccc2)[C@H](O)COCc2ccccc2)cc1. The van der Waals surface area contributed by atoms with Crippen molar-refractivity contribution in [3.05, 3.63) is 102 Å². The molecular weight excluding hydrogens is 456 g/mol. The molecule has 0 saturated heterocycles. The molecule has 3 atom stereocenters. The van der Waals surface area contributed by atoms with E-state index in [1.54, 1.807) is 12.1 Å². The highest BCUT2D eigenvalue weighted by Gasteiger charge is 2.34. The van der Waals surface area contributed by atoms with E-state index in [0.717, 1.165) is 16.7 Å². The summed E-state index contributed by atoms with van der Waals surface area (Å²) >= 11 is 0. The molecule has 3 rings (SSSR count). The molecule has 34 heavy (non-hydrogen) atoms. The molecule has 0 amide bonds. The van der Waals surface area contributed by atoms with Gasteiger partial charge < -0.3 is 19.7 Å².